The Morgan fingerprint density at radius 2 is 2.14 bits per heavy atom. The molecule has 37 heavy (non-hydrogen) atoms. The van der Waals surface area contributed by atoms with Gasteiger partial charge < -0.3 is 19.8 Å². The lowest BCUT2D eigenvalue weighted by molar-refractivity contribution is -0.131. The Morgan fingerprint density at radius 1 is 1.30 bits per heavy atom. The molecule has 2 N–H and O–H groups in total. The van der Waals surface area contributed by atoms with Gasteiger partial charge in [-0.25, -0.2) is 8.42 Å². The van der Waals surface area contributed by atoms with Gasteiger partial charge in [0.15, 0.2) is 9.84 Å². The molecule has 2 atom stereocenters. The highest BCUT2D eigenvalue weighted by Gasteiger charge is 2.31. The van der Waals surface area contributed by atoms with E-state index in [4.69, 9.17) is 4.52 Å². The SMILES string of the molecule is CN(C(=O)Cc1ccc2c(c1)NC(=O)CS2(=O)=O)[C@H](CN1CC[C@@H](O)C1)c1cccc(-c2ncon2)c1. The number of benzene rings is 2. The zero-order valence-electron chi connectivity index (χ0n) is 20.2. The summed E-state index contributed by atoms with van der Waals surface area (Å²) in [6.07, 6.45) is 1.56. The van der Waals surface area contributed by atoms with Crippen LogP contribution in [0.25, 0.3) is 11.4 Å². The van der Waals surface area contributed by atoms with Crippen molar-refractivity contribution >= 4 is 27.3 Å². The van der Waals surface area contributed by atoms with Crippen molar-refractivity contribution in [3.05, 3.63) is 60.0 Å². The summed E-state index contributed by atoms with van der Waals surface area (Å²) < 4.78 is 29.5. The third-order valence-corrected chi connectivity index (χ3v) is 8.43. The summed E-state index contributed by atoms with van der Waals surface area (Å²) in [5, 5.41) is 16.5. The van der Waals surface area contributed by atoms with Crippen molar-refractivity contribution in [2.75, 3.05) is 37.8 Å². The van der Waals surface area contributed by atoms with E-state index < -0.39 is 27.6 Å². The number of amides is 2. The minimum absolute atomic E-state index is 0.0172. The van der Waals surface area contributed by atoms with Gasteiger partial charge in [0.25, 0.3) is 0 Å². The van der Waals surface area contributed by atoms with Gasteiger partial charge in [-0.2, -0.15) is 4.98 Å². The van der Waals surface area contributed by atoms with Crippen LogP contribution in [0.5, 0.6) is 0 Å². The Hall–Kier alpha value is -3.61. The summed E-state index contributed by atoms with van der Waals surface area (Å²) in [6.45, 7) is 1.78. The van der Waals surface area contributed by atoms with Crippen LogP contribution in [0, 0.1) is 0 Å². The van der Waals surface area contributed by atoms with Gasteiger partial charge in [0.05, 0.1) is 29.1 Å². The summed E-state index contributed by atoms with van der Waals surface area (Å²) >= 11 is 0. The molecule has 12 heteroatoms. The monoisotopic (exact) mass is 525 g/mol. The fourth-order valence-electron chi connectivity index (χ4n) is 4.82. The number of β-amino-alcohol motifs (C(OH)–C–C–N with tert-alkyl or cyclic N) is 1. The lowest BCUT2D eigenvalue weighted by Crippen LogP contribution is -2.39. The maximum absolute atomic E-state index is 13.5. The number of anilines is 1. The van der Waals surface area contributed by atoms with Crippen LogP contribution >= 0.6 is 0 Å². The van der Waals surface area contributed by atoms with E-state index in [9.17, 15) is 23.1 Å². The number of sulfone groups is 1. The van der Waals surface area contributed by atoms with E-state index in [0.29, 0.717) is 30.9 Å². The average molecular weight is 526 g/mol. The first-order chi connectivity index (χ1) is 17.7. The number of carbonyl (C=O) groups is 2. The third-order valence-electron chi connectivity index (χ3n) is 6.76. The van der Waals surface area contributed by atoms with Crippen LogP contribution in [-0.4, -0.2) is 83.8 Å². The molecule has 0 saturated carbocycles. The van der Waals surface area contributed by atoms with Gasteiger partial charge in [-0.05, 0) is 35.7 Å². The quantitative estimate of drug-likeness (QED) is 0.466. The first kappa shape index (κ1) is 25.1. The van der Waals surface area contributed by atoms with E-state index >= 15 is 0 Å². The number of aromatic nitrogens is 2. The van der Waals surface area contributed by atoms with Crippen molar-refractivity contribution in [1.82, 2.24) is 19.9 Å². The first-order valence-electron chi connectivity index (χ1n) is 11.9. The van der Waals surface area contributed by atoms with Crippen LogP contribution < -0.4 is 5.32 Å². The highest BCUT2D eigenvalue weighted by Crippen LogP contribution is 2.30. The van der Waals surface area contributed by atoms with Crippen LogP contribution in [0.4, 0.5) is 5.69 Å². The molecule has 2 amide bonds. The largest absolute Gasteiger partial charge is 0.392 e. The molecule has 3 aromatic rings. The summed E-state index contributed by atoms with van der Waals surface area (Å²) in [7, 11) is -1.97. The number of likely N-dealkylation sites (N-methyl/N-ethyl adjacent to an activating group) is 1. The smallest absolute Gasteiger partial charge is 0.239 e. The van der Waals surface area contributed by atoms with Crippen molar-refractivity contribution < 1.29 is 27.6 Å². The standard InChI is InChI=1S/C25H27N5O6S/c1-29(24(33)10-16-5-6-22-20(9-16)27-23(32)14-37(22,34)35)21(13-30-8-7-19(31)12-30)17-3-2-4-18(11-17)25-26-15-36-28-25/h2-6,9,11,15,19,21,31H,7-8,10,12-14H2,1H3,(H,27,32)/t19-,21-/m1/s1. The number of nitrogens with zero attached hydrogens (tertiary/aromatic N) is 4. The topological polar surface area (TPSA) is 146 Å². The molecular formula is C25H27N5O6S. The van der Waals surface area contributed by atoms with Crippen LogP contribution in [0.3, 0.4) is 0 Å². The molecular weight excluding hydrogens is 498 g/mol. The average Bonchev–Trinajstić information content (AvgIpc) is 3.53. The fraction of sp³-hybridized carbons (Fsp3) is 0.360. The molecule has 1 saturated heterocycles. The molecule has 1 fully saturated rings. The van der Waals surface area contributed by atoms with E-state index in [2.05, 4.69) is 20.4 Å². The van der Waals surface area contributed by atoms with Crippen molar-refractivity contribution in [2.45, 2.75) is 29.9 Å². The molecule has 0 unspecified atom stereocenters. The molecule has 5 rings (SSSR count). The molecule has 0 bridgehead atoms. The first-order valence-corrected chi connectivity index (χ1v) is 13.5. The fourth-order valence-corrected chi connectivity index (χ4v) is 6.12. The molecule has 0 aliphatic carbocycles. The molecule has 3 heterocycles. The van der Waals surface area contributed by atoms with E-state index in [0.717, 1.165) is 17.7 Å². The number of likely N-dealkylation sites (tertiary alicyclic amines) is 1. The minimum atomic E-state index is -3.69. The second-order valence-electron chi connectivity index (χ2n) is 9.42. The van der Waals surface area contributed by atoms with Gasteiger partial charge in [-0.3, -0.25) is 14.5 Å². The van der Waals surface area contributed by atoms with Gasteiger partial charge in [-0.1, -0.05) is 29.4 Å². The molecule has 11 nitrogen and oxygen atoms in total. The zero-order valence-corrected chi connectivity index (χ0v) is 21.0. The third kappa shape index (κ3) is 5.41. The molecule has 0 radical (unpaired) electrons. The van der Waals surface area contributed by atoms with Crippen molar-refractivity contribution in [3.63, 3.8) is 0 Å². The number of nitrogens with one attached hydrogen (secondary N) is 1. The summed E-state index contributed by atoms with van der Waals surface area (Å²) in [6, 6.07) is 11.8. The Bertz CT molecular complexity index is 1430. The second kappa shape index (κ2) is 10.0. The maximum atomic E-state index is 13.5. The van der Waals surface area contributed by atoms with Gasteiger partial charge in [0, 0.05) is 32.2 Å². The number of fused-ring (bicyclic) bond motifs is 1. The summed E-state index contributed by atoms with van der Waals surface area (Å²) in [5.41, 5.74) is 2.41. The van der Waals surface area contributed by atoms with Crippen molar-refractivity contribution in [3.8, 4) is 11.4 Å². The molecule has 2 aromatic carbocycles. The predicted molar refractivity (Wildman–Crippen MR) is 133 cm³/mol. The predicted octanol–water partition coefficient (Wildman–Crippen LogP) is 1.27. The molecule has 194 valence electrons. The highest BCUT2D eigenvalue weighted by atomic mass is 32.2. The van der Waals surface area contributed by atoms with E-state index in [-0.39, 0.29) is 29.0 Å². The molecule has 2 aliphatic rings. The normalized spacial score (nSPS) is 19.7. The van der Waals surface area contributed by atoms with Gasteiger partial charge in [0.1, 0.15) is 5.75 Å². The Balaban J connectivity index is 1.40. The minimum Gasteiger partial charge on any atom is -0.392 e. The van der Waals surface area contributed by atoms with Crippen LogP contribution in [0.1, 0.15) is 23.6 Å². The highest BCUT2D eigenvalue weighted by molar-refractivity contribution is 7.92. The number of aliphatic hydroxyl groups excluding tert-OH is 1. The van der Waals surface area contributed by atoms with Gasteiger partial charge in [-0.15, -0.1) is 0 Å². The van der Waals surface area contributed by atoms with Gasteiger partial charge >= 0.3 is 0 Å². The number of rotatable bonds is 7. The maximum Gasteiger partial charge on any atom is 0.239 e. The van der Waals surface area contributed by atoms with E-state index in [1.165, 1.54) is 12.5 Å². The second-order valence-corrected chi connectivity index (χ2v) is 11.4. The Labute approximate surface area is 214 Å². The van der Waals surface area contributed by atoms with Crippen LogP contribution in [-0.2, 0) is 25.8 Å². The van der Waals surface area contributed by atoms with Gasteiger partial charge in [0.2, 0.25) is 24.0 Å². The van der Waals surface area contributed by atoms with Crippen LogP contribution in [0.15, 0.2) is 58.3 Å². The summed E-state index contributed by atoms with van der Waals surface area (Å²) in [5.74, 6) is -0.920. The lowest BCUT2D eigenvalue weighted by Gasteiger charge is -2.32. The number of aliphatic hydroxyl groups is 1. The number of hydrogen-bond donors (Lipinski definition) is 2. The van der Waals surface area contributed by atoms with E-state index in [1.54, 1.807) is 24.1 Å². The zero-order chi connectivity index (χ0) is 26.2. The number of carbonyl (C=O) groups excluding carboxylic acids is 2. The molecule has 1 aromatic heterocycles. The molecule has 2 aliphatic heterocycles. The van der Waals surface area contributed by atoms with Crippen molar-refractivity contribution in [2.24, 2.45) is 0 Å². The lowest BCUT2D eigenvalue weighted by atomic mass is 10.0. The Morgan fingerprint density at radius 3 is 2.86 bits per heavy atom. The Kier molecular flexibility index (Phi) is 6.80. The number of hydrogen-bond acceptors (Lipinski definition) is 9. The molecule has 0 spiro atoms. The van der Waals surface area contributed by atoms with Crippen molar-refractivity contribution in [1.29, 1.82) is 0 Å². The van der Waals surface area contributed by atoms with Crippen LogP contribution in [0.2, 0.25) is 0 Å². The summed E-state index contributed by atoms with van der Waals surface area (Å²) in [4.78, 5) is 33.2. The van der Waals surface area contributed by atoms with E-state index in [1.807, 2.05) is 24.3 Å².